The summed E-state index contributed by atoms with van der Waals surface area (Å²) < 4.78 is 0. The molecule has 1 saturated heterocycles. The van der Waals surface area contributed by atoms with Crippen LogP contribution in [0, 0.1) is 22.7 Å². The summed E-state index contributed by atoms with van der Waals surface area (Å²) in [5.41, 5.74) is 1.14. The molecular formula is C16H16N4O. The second-order valence-electron chi connectivity index (χ2n) is 4.96. The zero-order chi connectivity index (χ0) is 15.2. The Kier molecular flexibility index (Phi) is 4.71. The van der Waals surface area contributed by atoms with Crippen LogP contribution in [0.1, 0.15) is 15.9 Å². The Morgan fingerprint density at radius 3 is 2.38 bits per heavy atom. The van der Waals surface area contributed by atoms with E-state index in [2.05, 4.69) is 4.90 Å². The van der Waals surface area contributed by atoms with Crippen molar-refractivity contribution in [1.82, 2.24) is 9.80 Å². The predicted octanol–water partition coefficient (Wildman–Crippen LogP) is 1.50. The van der Waals surface area contributed by atoms with E-state index in [1.165, 1.54) is 6.08 Å². The maximum Gasteiger partial charge on any atom is 0.254 e. The van der Waals surface area contributed by atoms with E-state index < -0.39 is 0 Å². The van der Waals surface area contributed by atoms with Crippen molar-refractivity contribution in [2.24, 2.45) is 0 Å². The largest absolute Gasteiger partial charge is 0.336 e. The highest BCUT2D eigenvalue weighted by Crippen LogP contribution is 2.16. The van der Waals surface area contributed by atoms with Gasteiger partial charge in [0.1, 0.15) is 17.7 Å². The highest BCUT2D eigenvalue weighted by atomic mass is 16.2. The van der Waals surface area contributed by atoms with Gasteiger partial charge < -0.3 is 9.80 Å². The summed E-state index contributed by atoms with van der Waals surface area (Å²) in [6, 6.07) is 10.7. The number of piperazine rings is 1. The van der Waals surface area contributed by atoms with Crippen molar-refractivity contribution >= 4 is 12.0 Å². The van der Waals surface area contributed by atoms with Crippen LogP contribution in [-0.4, -0.2) is 48.9 Å². The van der Waals surface area contributed by atoms with Crippen molar-refractivity contribution in [2.45, 2.75) is 0 Å². The van der Waals surface area contributed by atoms with E-state index in [-0.39, 0.29) is 11.5 Å². The molecule has 21 heavy (non-hydrogen) atoms. The highest BCUT2D eigenvalue weighted by molar-refractivity contribution is 5.98. The summed E-state index contributed by atoms with van der Waals surface area (Å²) in [7, 11) is 2.03. The first-order valence-corrected chi connectivity index (χ1v) is 6.74. The Balaban J connectivity index is 2.28. The number of likely N-dealkylation sites (N-methyl/N-ethyl adjacent to an activating group) is 1. The monoisotopic (exact) mass is 280 g/mol. The van der Waals surface area contributed by atoms with Crippen LogP contribution in [-0.2, 0) is 0 Å². The first-order valence-electron chi connectivity index (χ1n) is 6.74. The van der Waals surface area contributed by atoms with Gasteiger partial charge in [0.25, 0.3) is 5.91 Å². The summed E-state index contributed by atoms with van der Waals surface area (Å²) in [5, 5.41) is 17.7. The van der Waals surface area contributed by atoms with Gasteiger partial charge in [-0.1, -0.05) is 18.2 Å². The van der Waals surface area contributed by atoms with Crippen molar-refractivity contribution < 1.29 is 4.79 Å². The summed E-state index contributed by atoms with van der Waals surface area (Å²) in [6.45, 7) is 3.09. The third kappa shape index (κ3) is 3.47. The maximum absolute atomic E-state index is 12.6. The lowest BCUT2D eigenvalue weighted by molar-refractivity contribution is 0.0664. The number of hydrogen-bond donors (Lipinski definition) is 0. The van der Waals surface area contributed by atoms with Gasteiger partial charge in [0.2, 0.25) is 0 Å². The molecule has 0 atom stereocenters. The molecule has 0 spiro atoms. The van der Waals surface area contributed by atoms with Gasteiger partial charge in [-0.25, -0.2) is 0 Å². The molecule has 1 aromatic rings. The van der Waals surface area contributed by atoms with E-state index in [9.17, 15) is 4.79 Å². The van der Waals surface area contributed by atoms with E-state index in [1.807, 2.05) is 24.1 Å². The number of benzene rings is 1. The van der Waals surface area contributed by atoms with Crippen LogP contribution >= 0.6 is 0 Å². The van der Waals surface area contributed by atoms with Gasteiger partial charge in [0.15, 0.2) is 0 Å². The Morgan fingerprint density at radius 1 is 1.14 bits per heavy atom. The molecule has 0 bridgehead atoms. The topological polar surface area (TPSA) is 71.1 Å². The van der Waals surface area contributed by atoms with Crippen molar-refractivity contribution in [3.63, 3.8) is 0 Å². The second kappa shape index (κ2) is 6.69. The molecule has 1 heterocycles. The van der Waals surface area contributed by atoms with Gasteiger partial charge in [0.05, 0.1) is 0 Å². The second-order valence-corrected chi connectivity index (χ2v) is 4.96. The third-order valence-corrected chi connectivity index (χ3v) is 3.52. The van der Waals surface area contributed by atoms with Gasteiger partial charge >= 0.3 is 0 Å². The first-order chi connectivity index (χ1) is 10.2. The molecule has 5 nitrogen and oxygen atoms in total. The lowest BCUT2D eigenvalue weighted by Crippen LogP contribution is -2.47. The molecule has 0 unspecified atom stereocenters. The van der Waals surface area contributed by atoms with Crippen molar-refractivity contribution in [3.8, 4) is 12.1 Å². The van der Waals surface area contributed by atoms with Crippen LogP contribution in [0.25, 0.3) is 6.08 Å². The van der Waals surface area contributed by atoms with Crippen molar-refractivity contribution in [1.29, 1.82) is 10.5 Å². The van der Waals surface area contributed by atoms with Crippen molar-refractivity contribution in [2.75, 3.05) is 33.2 Å². The molecule has 0 aromatic heterocycles. The molecule has 5 heteroatoms. The number of carbonyl (C=O) groups excluding carboxylic acids is 1. The van der Waals surface area contributed by atoms with E-state index in [0.717, 1.165) is 13.1 Å². The molecule has 2 rings (SSSR count). The number of nitrogens with zero attached hydrogens (tertiary/aromatic N) is 4. The number of hydrogen-bond acceptors (Lipinski definition) is 4. The Hall–Kier alpha value is -2.63. The minimum absolute atomic E-state index is 0.00590. The highest BCUT2D eigenvalue weighted by Gasteiger charge is 2.21. The molecular weight excluding hydrogens is 264 g/mol. The van der Waals surface area contributed by atoms with Gasteiger partial charge in [-0.15, -0.1) is 0 Å². The van der Waals surface area contributed by atoms with E-state index in [1.54, 1.807) is 24.3 Å². The maximum atomic E-state index is 12.6. The summed E-state index contributed by atoms with van der Waals surface area (Å²) in [4.78, 5) is 16.6. The Labute approximate surface area is 124 Å². The normalized spacial score (nSPS) is 14.9. The molecule has 0 saturated carbocycles. The fraction of sp³-hybridized carbons (Fsp3) is 0.312. The molecule has 106 valence electrons. The Bertz CT molecular complexity index is 627. The third-order valence-electron chi connectivity index (χ3n) is 3.52. The average molecular weight is 280 g/mol. The zero-order valence-corrected chi connectivity index (χ0v) is 11.9. The molecule has 0 N–H and O–H groups in total. The fourth-order valence-corrected chi connectivity index (χ4v) is 2.24. The molecule has 1 fully saturated rings. The van der Waals surface area contributed by atoms with Crippen LogP contribution in [0.15, 0.2) is 29.8 Å². The fourth-order valence-electron chi connectivity index (χ4n) is 2.24. The van der Waals surface area contributed by atoms with Gasteiger partial charge in [0, 0.05) is 31.7 Å². The Morgan fingerprint density at radius 2 is 1.76 bits per heavy atom. The first kappa shape index (κ1) is 14.8. The van der Waals surface area contributed by atoms with E-state index in [0.29, 0.717) is 24.2 Å². The van der Waals surface area contributed by atoms with Gasteiger partial charge in [-0.05, 0) is 24.8 Å². The average Bonchev–Trinajstić information content (AvgIpc) is 2.53. The molecule has 1 aromatic carbocycles. The molecule has 1 aliphatic heterocycles. The van der Waals surface area contributed by atoms with Crippen LogP contribution in [0.4, 0.5) is 0 Å². The van der Waals surface area contributed by atoms with Crippen LogP contribution < -0.4 is 0 Å². The summed E-state index contributed by atoms with van der Waals surface area (Å²) in [6.07, 6.45) is 1.46. The smallest absolute Gasteiger partial charge is 0.254 e. The van der Waals surface area contributed by atoms with Crippen LogP contribution in [0.2, 0.25) is 0 Å². The zero-order valence-electron chi connectivity index (χ0n) is 11.9. The predicted molar refractivity (Wildman–Crippen MR) is 79.0 cm³/mol. The quantitative estimate of drug-likeness (QED) is 0.770. The van der Waals surface area contributed by atoms with Gasteiger partial charge in [-0.3, -0.25) is 4.79 Å². The number of allylic oxidation sites excluding steroid dienone is 1. The minimum Gasteiger partial charge on any atom is -0.336 e. The number of amides is 1. The molecule has 0 radical (unpaired) electrons. The number of carbonyl (C=O) groups is 1. The number of rotatable bonds is 2. The van der Waals surface area contributed by atoms with Crippen molar-refractivity contribution in [3.05, 3.63) is 41.0 Å². The minimum atomic E-state index is -0.0508. The molecule has 1 amide bonds. The SMILES string of the molecule is CN1CCN(C(=O)c2ccccc2C=C(C#N)C#N)CC1. The van der Waals surface area contributed by atoms with E-state index >= 15 is 0 Å². The molecule has 0 aliphatic carbocycles. The van der Waals surface area contributed by atoms with Crippen LogP contribution in [0.3, 0.4) is 0 Å². The lowest BCUT2D eigenvalue weighted by atomic mass is 10.0. The summed E-state index contributed by atoms with van der Waals surface area (Å²) in [5.74, 6) is -0.0508. The molecule has 1 aliphatic rings. The van der Waals surface area contributed by atoms with E-state index in [4.69, 9.17) is 10.5 Å². The van der Waals surface area contributed by atoms with Gasteiger partial charge in [-0.2, -0.15) is 10.5 Å². The number of nitriles is 2. The lowest BCUT2D eigenvalue weighted by Gasteiger charge is -2.32. The summed E-state index contributed by atoms with van der Waals surface area (Å²) >= 11 is 0. The van der Waals surface area contributed by atoms with Crippen LogP contribution in [0.5, 0.6) is 0 Å². The standard InChI is InChI=1S/C16H16N4O/c1-19-6-8-20(9-7-19)16(21)15-5-3-2-4-14(15)10-13(11-17)12-18/h2-5,10H,6-9H2,1H3.